The van der Waals surface area contributed by atoms with E-state index in [1.54, 1.807) is 0 Å². The third-order valence-electron chi connectivity index (χ3n) is 0.982. The van der Waals surface area contributed by atoms with Crippen LogP contribution in [-0.4, -0.2) is 7.05 Å². The zero-order valence-corrected chi connectivity index (χ0v) is 5.78. The highest BCUT2D eigenvalue weighted by atomic mass is 15.3. The van der Waals surface area contributed by atoms with Crippen LogP contribution < -0.4 is 10.9 Å². The van der Waals surface area contributed by atoms with E-state index >= 15 is 0 Å². The maximum atomic E-state index is 3.77. The van der Waals surface area contributed by atoms with Gasteiger partial charge in [0, 0.05) is 12.7 Å². The Bertz CT molecular complexity index is 76.6. The molecule has 0 amide bonds. The van der Waals surface area contributed by atoms with Crippen molar-refractivity contribution in [3.05, 3.63) is 12.3 Å². The smallest absolute Gasteiger partial charge is 0.0215 e. The van der Waals surface area contributed by atoms with E-state index in [0.717, 1.165) is 5.70 Å². The standard InChI is InChI=1S/C6H14N2/c1-5(2)6(3)8-7-4/h5,7-8H,3H2,1-2,4H3. The Morgan fingerprint density at radius 1 is 1.50 bits per heavy atom. The molecule has 2 N–H and O–H groups in total. The SMILES string of the molecule is C=C(NNC)C(C)C. The topological polar surface area (TPSA) is 24.1 Å². The molecule has 2 heteroatoms. The van der Waals surface area contributed by atoms with Gasteiger partial charge in [0.2, 0.25) is 0 Å². The summed E-state index contributed by atoms with van der Waals surface area (Å²) < 4.78 is 0. The average molecular weight is 114 g/mol. The molecule has 0 aliphatic carbocycles. The number of nitrogens with one attached hydrogen (secondary N) is 2. The molecular formula is C6H14N2. The molecule has 0 heterocycles. The summed E-state index contributed by atoms with van der Waals surface area (Å²) in [5.41, 5.74) is 6.72. The van der Waals surface area contributed by atoms with Gasteiger partial charge in [-0.05, 0) is 5.92 Å². The highest BCUT2D eigenvalue weighted by molar-refractivity contribution is 4.91. The first kappa shape index (κ1) is 7.50. The predicted octanol–water partition coefficient (Wildman–Crippen LogP) is 0.880. The van der Waals surface area contributed by atoms with Crippen molar-refractivity contribution >= 4 is 0 Å². The second-order valence-corrected chi connectivity index (χ2v) is 2.05. The van der Waals surface area contributed by atoms with Gasteiger partial charge in [0.15, 0.2) is 0 Å². The monoisotopic (exact) mass is 114 g/mol. The van der Waals surface area contributed by atoms with E-state index < -0.39 is 0 Å². The lowest BCUT2D eigenvalue weighted by Gasteiger charge is -2.09. The molecule has 2 nitrogen and oxygen atoms in total. The molecule has 0 bridgehead atoms. The minimum atomic E-state index is 0.502. The van der Waals surface area contributed by atoms with Crippen LogP contribution in [0.5, 0.6) is 0 Å². The molecule has 0 aromatic carbocycles. The number of hydrogen-bond donors (Lipinski definition) is 2. The van der Waals surface area contributed by atoms with E-state index in [9.17, 15) is 0 Å². The molecule has 0 saturated carbocycles. The van der Waals surface area contributed by atoms with Gasteiger partial charge in [-0.25, -0.2) is 5.43 Å². The van der Waals surface area contributed by atoms with E-state index in [-0.39, 0.29) is 0 Å². The van der Waals surface area contributed by atoms with Gasteiger partial charge in [-0.1, -0.05) is 20.4 Å². The van der Waals surface area contributed by atoms with Crippen LogP contribution in [0.3, 0.4) is 0 Å². The maximum Gasteiger partial charge on any atom is 0.0215 e. The van der Waals surface area contributed by atoms with Crippen LogP contribution in [0.2, 0.25) is 0 Å². The molecule has 0 atom stereocenters. The molecule has 0 rings (SSSR count). The number of rotatable bonds is 3. The van der Waals surface area contributed by atoms with Crippen molar-refractivity contribution in [3.63, 3.8) is 0 Å². The van der Waals surface area contributed by atoms with Gasteiger partial charge in [-0.3, -0.25) is 0 Å². The Balaban J connectivity index is 3.33. The molecule has 0 unspecified atom stereocenters. The Hall–Kier alpha value is -0.500. The fraction of sp³-hybridized carbons (Fsp3) is 0.667. The largest absolute Gasteiger partial charge is 0.326 e. The zero-order valence-electron chi connectivity index (χ0n) is 5.78. The van der Waals surface area contributed by atoms with Crippen molar-refractivity contribution < 1.29 is 0 Å². The van der Waals surface area contributed by atoms with Gasteiger partial charge in [0.25, 0.3) is 0 Å². The predicted molar refractivity (Wildman–Crippen MR) is 36.2 cm³/mol. The van der Waals surface area contributed by atoms with Crippen molar-refractivity contribution in [1.82, 2.24) is 10.9 Å². The van der Waals surface area contributed by atoms with Crippen molar-refractivity contribution in [3.8, 4) is 0 Å². The van der Waals surface area contributed by atoms with Gasteiger partial charge in [-0.2, -0.15) is 0 Å². The summed E-state index contributed by atoms with van der Waals surface area (Å²) in [6.07, 6.45) is 0. The van der Waals surface area contributed by atoms with Gasteiger partial charge in [0.05, 0.1) is 0 Å². The van der Waals surface area contributed by atoms with E-state index in [4.69, 9.17) is 0 Å². The summed E-state index contributed by atoms with van der Waals surface area (Å²) in [6, 6.07) is 0. The van der Waals surface area contributed by atoms with Crippen LogP contribution >= 0.6 is 0 Å². The first-order chi connectivity index (χ1) is 3.68. The lowest BCUT2D eigenvalue weighted by atomic mass is 10.2. The van der Waals surface area contributed by atoms with E-state index in [1.807, 2.05) is 7.05 Å². The quantitative estimate of drug-likeness (QED) is 0.532. The summed E-state index contributed by atoms with van der Waals surface area (Å²) in [5, 5.41) is 0. The normalized spacial score (nSPS) is 9.50. The van der Waals surface area contributed by atoms with Crippen LogP contribution in [0.1, 0.15) is 13.8 Å². The van der Waals surface area contributed by atoms with Crippen LogP contribution in [0.25, 0.3) is 0 Å². The summed E-state index contributed by atoms with van der Waals surface area (Å²) in [6.45, 7) is 7.95. The molecule has 0 spiro atoms. The van der Waals surface area contributed by atoms with E-state index in [1.165, 1.54) is 0 Å². The average Bonchev–Trinajstić information content (AvgIpc) is 1.67. The molecule has 0 radical (unpaired) electrons. The molecule has 0 saturated heterocycles. The molecule has 0 aromatic heterocycles. The Kier molecular flexibility index (Phi) is 3.28. The van der Waals surface area contributed by atoms with Crippen molar-refractivity contribution in [2.45, 2.75) is 13.8 Å². The number of hydrazine groups is 1. The highest BCUT2D eigenvalue weighted by Crippen LogP contribution is 1.99. The van der Waals surface area contributed by atoms with Gasteiger partial charge >= 0.3 is 0 Å². The molecule has 8 heavy (non-hydrogen) atoms. The minimum Gasteiger partial charge on any atom is -0.326 e. The summed E-state index contributed by atoms with van der Waals surface area (Å²) in [4.78, 5) is 0. The second-order valence-electron chi connectivity index (χ2n) is 2.05. The first-order valence-corrected chi connectivity index (χ1v) is 2.80. The lowest BCUT2D eigenvalue weighted by Crippen LogP contribution is -2.28. The lowest BCUT2D eigenvalue weighted by molar-refractivity contribution is 0.597. The number of hydrogen-bond acceptors (Lipinski definition) is 2. The molecule has 48 valence electrons. The van der Waals surface area contributed by atoms with E-state index in [2.05, 4.69) is 31.3 Å². The van der Waals surface area contributed by atoms with Crippen LogP contribution in [-0.2, 0) is 0 Å². The molecular weight excluding hydrogens is 100 g/mol. The molecule has 0 aliphatic rings. The van der Waals surface area contributed by atoms with Crippen LogP contribution in [0.4, 0.5) is 0 Å². The van der Waals surface area contributed by atoms with Crippen LogP contribution in [0, 0.1) is 5.92 Å². The fourth-order valence-electron chi connectivity index (χ4n) is 0.305. The zero-order chi connectivity index (χ0) is 6.57. The Morgan fingerprint density at radius 2 is 2.00 bits per heavy atom. The Labute approximate surface area is 50.9 Å². The minimum absolute atomic E-state index is 0.502. The molecule has 0 aromatic rings. The third kappa shape index (κ3) is 2.64. The van der Waals surface area contributed by atoms with Gasteiger partial charge in [-0.15, -0.1) is 0 Å². The number of allylic oxidation sites excluding steroid dienone is 1. The van der Waals surface area contributed by atoms with Crippen molar-refractivity contribution in [2.75, 3.05) is 7.05 Å². The summed E-state index contributed by atoms with van der Waals surface area (Å²) in [7, 11) is 1.83. The highest BCUT2D eigenvalue weighted by Gasteiger charge is 1.94. The fourth-order valence-corrected chi connectivity index (χ4v) is 0.305. The Morgan fingerprint density at radius 3 is 2.12 bits per heavy atom. The third-order valence-corrected chi connectivity index (χ3v) is 0.982. The van der Waals surface area contributed by atoms with Crippen LogP contribution in [0.15, 0.2) is 12.3 Å². The summed E-state index contributed by atoms with van der Waals surface area (Å²) >= 11 is 0. The second kappa shape index (κ2) is 3.50. The summed E-state index contributed by atoms with van der Waals surface area (Å²) in [5.74, 6) is 0.502. The van der Waals surface area contributed by atoms with Gasteiger partial charge < -0.3 is 5.43 Å². The van der Waals surface area contributed by atoms with Crippen molar-refractivity contribution in [2.24, 2.45) is 5.92 Å². The van der Waals surface area contributed by atoms with Gasteiger partial charge in [0.1, 0.15) is 0 Å². The maximum absolute atomic E-state index is 3.77. The first-order valence-electron chi connectivity index (χ1n) is 2.80. The molecule has 0 fully saturated rings. The molecule has 0 aliphatic heterocycles. The van der Waals surface area contributed by atoms with E-state index in [0.29, 0.717) is 5.92 Å². The van der Waals surface area contributed by atoms with Crippen molar-refractivity contribution in [1.29, 1.82) is 0 Å².